The summed E-state index contributed by atoms with van der Waals surface area (Å²) in [6, 6.07) is 0. The number of esters is 1. The van der Waals surface area contributed by atoms with Crippen LogP contribution in [0.3, 0.4) is 0 Å². The van der Waals surface area contributed by atoms with Crippen molar-refractivity contribution in [2.24, 2.45) is 5.73 Å². The second-order valence-electron chi connectivity index (χ2n) is 1.50. The minimum atomic E-state index is -0.465. The Morgan fingerprint density at radius 3 is 2.90 bits per heavy atom. The minimum absolute atomic E-state index is 0.124. The van der Waals surface area contributed by atoms with Gasteiger partial charge in [-0.25, -0.2) is 0 Å². The molecule has 0 atom stereocenters. The first-order valence-electron chi connectivity index (χ1n) is 2.84. The third-order valence-corrected chi connectivity index (χ3v) is 0.759. The van der Waals surface area contributed by atoms with E-state index >= 15 is 0 Å². The van der Waals surface area contributed by atoms with Gasteiger partial charge in [-0.2, -0.15) is 0 Å². The molecule has 5 nitrogen and oxygen atoms in total. The van der Waals surface area contributed by atoms with Gasteiger partial charge in [0.2, 0.25) is 6.41 Å². The molecule has 0 aliphatic heterocycles. The molecule has 0 saturated carbocycles. The molecule has 0 spiro atoms. The Labute approximate surface area is 58.5 Å². The van der Waals surface area contributed by atoms with Crippen molar-refractivity contribution in [1.82, 2.24) is 5.32 Å². The third-order valence-electron chi connectivity index (χ3n) is 0.759. The van der Waals surface area contributed by atoms with E-state index in [1.807, 2.05) is 0 Å². The Morgan fingerprint density at radius 1 is 1.70 bits per heavy atom. The molecule has 0 heterocycles. The number of ether oxygens (including phenoxy) is 1. The largest absolute Gasteiger partial charge is 0.463 e. The lowest BCUT2D eigenvalue weighted by molar-refractivity contribution is -0.141. The number of carbonyl (C=O) groups is 2. The van der Waals surface area contributed by atoms with Crippen molar-refractivity contribution in [3.05, 3.63) is 0 Å². The van der Waals surface area contributed by atoms with Crippen molar-refractivity contribution >= 4 is 12.4 Å². The van der Waals surface area contributed by atoms with E-state index in [0.717, 1.165) is 0 Å². The van der Waals surface area contributed by atoms with Crippen molar-refractivity contribution in [1.29, 1.82) is 0 Å². The minimum Gasteiger partial charge on any atom is -0.463 e. The second-order valence-corrected chi connectivity index (χ2v) is 1.50. The quantitative estimate of drug-likeness (QED) is 0.273. The lowest BCUT2D eigenvalue weighted by Gasteiger charge is -2.00. The predicted molar refractivity (Wildman–Crippen MR) is 34.1 cm³/mol. The van der Waals surface area contributed by atoms with Gasteiger partial charge in [0.05, 0.1) is 13.1 Å². The molecule has 0 bridgehead atoms. The smallest absolute Gasteiger partial charge is 0.319 e. The highest BCUT2D eigenvalue weighted by molar-refractivity contribution is 5.71. The third kappa shape index (κ3) is 5.04. The zero-order chi connectivity index (χ0) is 7.82. The van der Waals surface area contributed by atoms with Crippen molar-refractivity contribution < 1.29 is 14.3 Å². The average Bonchev–Trinajstić information content (AvgIpc) is 1.98. The fourth-order valence-corrected chi connectivity index (χ4v) is 0.342. The van der Waals surface area contributed by atoms with Gasteiger partial charge in [0.25, 0.3) is 0 Å². The highest BCUT2D eigenvalue weighted by atomic mass is 16.5. The van der Waals surface area contributed by atoms with Gasteiger partial charge in [0.15, 0.2) is 0 Å². The van der Waals surface area contributed by atoms with E-state index in [1.54, 1.807) is 0 Å². The number of nitrogens with two attached hydrogens (primary N) is 1. The monoisotopic (exact) mass is 146 g/mol. The van der Waals surface area contributed by atoms with Gasteiger partial charge in [-0.05, 0) is 0 Å². The fraction of sp³-hybridized carbons (Fsp3) is 0.600. The van der Waals surface area contributed by atoms with E-state index in [0.29, 0.717) is 13.0 Å². The molecule has 0 aliphatic carbocycles. The van der Waals surface area contributed by atoms with E-state index in [9.17, 15) is 9.59 Å². The Hall–Kier alpha value is -1.10. The van der Waals surface area contributed by atoms with Crippen LogP contribution in [0, 0.1) is 0 Å². The van der Waals surface area contributed by atoms with E-state index in [-0.39, 0.29) is 13.2 Å². The molecule has 0 unspecified atom stereocenters. The SMILES string of the molecule is NCC(=O)OCCNC=O. The van der Waals surface area contributed by atoms with E-state index in [1.165, 1.54) is 0 Å². The van der Waals surface area contributed by atoms with Crippen molar-refractivity contribution in [3.63, 3.8) is 0 Å². The molecular weight excluding hydrogens is 136 g/mol. The molecule has 0 aliphatic rings. The van der Waals surface area contributed by atoms with Crippen LogP contribution in [0.15, 0.2) is 0 Å². The lowest BCUT2D eigenvalue weighted by atomic mass is 10.6. The number of hydrogen-bond donors (Lipinski definition) is 2. The summed E-state index contributed by atoms with van der Waals surface area (Å²) < 4.78 is 4.51. The summed E-state index contributed by atoms with van der Waals surface area (Å²) >= 11 is 0. The molecule has 10 heavy (non-hydrogen) atoms. The Balaban J connectivity index is 3.03. The predicted octanol–water partition coefficient (Wildman–Crippen LogP) is -1.77. The van der Waals surface area contributed by atoms with Crippen LogP contribution in [0.5, 0.6) is 0 Å². The topological polar surface area (TPSA) is 81.4 Å². The summed E-state index contributed by atoms with van der Waals surface area (Å²) in [5, 5.41) is 2.33. The van der Waals surface area contributed by atoms with Gasteiger partial charge >= 0.3 is 5.97 Å². The summed E-state index contributed by atoms with van der Waals surface area (Å²) in [7, 11) is 0. The van der Waals surface area contributed by atoms with Crippen molar-refractivity contribution in [2.75, 3.05) is 19.7 Å². The van der Waals surface area contributed by atoms with Crippen LogP contribution in [0.4, 0.5) is 0 Å². The average molecular weight is 146 g/mol. The van der Waals surface area contributed by atoms with Crippen LogP contribution in [0.1, 0.15) is 0 Å². The molecule has 3 N–H and O–H groups in total. The standard InChI is InChI=1S/C5H10N2O3/c6-3-5(9)10-2-1-7-4-8/h4H,1-3,6H2,(H,7,8). The van der Waals surface area contributed by atoms with Crippen LogP contribution in [-0.4, -0.2) is 32.1 Å². The molecule has 0 aromatic heterocycles. The van der Waals surface area contributed by atoms with Crippen LogP contribution in [0.25, 0.3) is 0 Å². The summed E-state index contributed by atoms with van der Waals surface area (Å²) in [5.74, 6) is -0.465. The molecule has 58 valence electrons. The Morgan fingerprint density at radius 2 is 2.40 bits per heavy atom. The molecule has 5 heteroatoms. The number of nitrogens with one attached hydrogen (secondary N) is 1. The summed E-state index contributed by atoms with van der Waals surface area (Å²) in [5.41, 5.74) is 4.92. The molecule has 0 rings (SSSR count). The second kappa shape index (κ2) is 6.03. The van der Waals surface area contributed by atoms with Gasteiger partial charge < -0.3 is 15.8 Å². The summed E-state index contributed by atoms with van der Waals surface area (Å²) in [6.07, 6.45) is 0.538. The highest BCUT2D eigenvalue weighted by Gasteiger charge is 1.95. The zero-order valence-electron chi connectivity index (χ0n) is 5.50. The number of rotatable bonds is 5. The van der Waals surface area contributed by atoms with Crippen molar-refractivity contribution in [2.45, 2.75) is 0 Å². The Kier molecular flexibility index (Phi) is 5.36. The first-order chi connectivity index (χ1) is 4.81. The van der Waals surface area contributed by atoms with E-state index in [2.05, 4.69) is 10.1 Å². The molecular formula is C5H10N2O3. The normalized spacial score (nSPS) is 8.50. The van der Waals surface area contributed by atoms with Gasteiger partial charge in [-0.15, -0.1) is 0 Å². The molecule has 0 radical (unpaired) electrons. The lowest BCUT2D eigenvalue weighted by Crippen LogP contribution is -2.23. The van der Waals surface area contributed by atoms with Crippen LogP contribution in [-0.2, 0) is 14.3 Å². The van der Waals surface area contributed by atoms with Crippen LogP contribution >= 0.6 is 0 Å². The summed E-state index contributed by atoms with van der Waals surface area (Å²) in [6.45, 7) is 0.380. The molecule has 0 fully saturated rings. The molecule has 0 aromatic carbocycles. The highest BCUT2D eigenvalue weighted by Crippen LogP contribution is 1.71. The number of amides is 1. The first kappa shape index (κ1) is 8.90. The van der Waals surface area contributed by atoms with E-state index in [4.69, 9.17) is 5.73 Å². The number of carbonyl (C=O) groups excluding carboxylic acids is 2. The molecule has 0 aromatic rings. The van der Waals surface area contributed by atoms with Gasteiger partial charge in [0, 0.05) is 0 Å². The molecule has 0 saturated heterocycles. The zero-order valence-corrected chi connectivity index (χ0v) is 5.50. The van der Waals surface area contributed by atoms with Gasteiger partial charge in [-0.1, -0.05) is 0 Å². The Bertz CT molecular complexity index is 115. The first-order valence-corrected chi connectivity index (χ1v) is 2.84. The van der Waals surface area contributed by atoms with Gasteiger partial charge in [-0.3, -0.25) is 9.59 Å². The maximum atomic E-state index is 10.3. The maximum absolute atomic E-state index is 10.3. The fourth-order valence-electron chi connectivity index (χ4n) is 0.342. The maximum Gasteiger partial charge on any atom is 0.319 e. The number of hydrogen-bond acceptors (Lipinski definition) is 4. The summed E-state index contributed by atoms with van der Waals surface area (Å²) in [4.78, 5) is 20.0. The van der Waals surface area contributed by atoms with Crippen LogP contribution in [0.2, 0.25) is 0 Å². The van der Waals surface area contributed by atoms with Crippen LogP contribution < -0.4 is 11.1 Å². The van der Waals surface area contributed by atoms with Gasteiger partial charge in [0.1, 0.15) is 6.61 Å². The van der Waals surface area contributed by atoms with Crippen molar-refractivity contribution in [3.8, 4) is 0 Å². The van der Waals surface area contributed by atoms with E-state index < -0.39 is 5.97 Å². The molecule has 1 amide bonds.